The minimum absolute atomic E-state index is 0.0191. The largest absolute Gasteiger partial charge is 0.277 e. The van der Waals surface area contributed by atoms with E-state index >= 15 is 0 Å². The van der Waals surface area contributed by atoms with Crippen LogP contribution in [0.2, 0.25) is 0 Å². The average molecular weight is 438 g/mol. The summed E-state index contributed by atoms with van der Waals surface area (Å²) >= 11 is 3.24. The highest BCUT2D eigenvalue weighted by atomic mass is 79.9. The summed E-state index contributed by atoms with van der Waals surface area (Å²) < 4.78 is 56.3. The highest BCUT2D eigenvalue weighted by Gasteiger charge is 2.19. The van der Waals surface area contributed by atoms with Gasteiger partial charge in [-0.25, -0.2) is 17.2 Å². The number of hydrogen-bond donors (Lipinski definition) is 1. The fourth-order valence-corrected chi connectivity index (χ4v) is 4.47. The van der Waals surface area contributed by atoms with Crippen molar-refractivity contribution >= 4 is 31.6 Å². The van der Waals surface area contributed by atoms with Gasteiger partial charge in [0.25, 0.3) is 10.0 Å². The topological polar surface area (TPSA) is 46.2 Å². The van der Waals surface area contributed by atoms with Gasteiger partial charge in [-0.05, 0) is 42.3 Å². The Bertz CT molecular complexity index is 1050. The molecule has 0 amide bonds. The zero-order valence-corrected chi connectivity index (χ0v) is 16.0. The maximum atomic E-state index is 14.2. The van der Waals surface area contributed by atoms with E-state index in [0.29, 0.717) is 16.1 Å². The molecule has 0 atom stereocenters. The van der Waals surface area contributed by atoms with E-state index in [2.05, 4.69) is 20.7 Å². The van der Waals surface area contributed by atoms with Gasteiger partial charge in [0.2, 0.25) is 0 Å². The molecular formula is C19H14BrF2NO2S. The molecule has 0 unspecified atom stereocenters. The third-order valence-corrected chi connectivity index (χ3v) is 5.51. The van der Waals surface area contributed by atoms with E-state index in [1.54, 1.807) is 43.3 Å². The third kappa shape index (κ3) is 3.94. The Morgan fingerprint density at radius 3 is 2.27 bits per heavy atom. The molecule has 0 spiro atoms. The Morgan fingerprint density at radius 1 is 0.923 bits per heavy atom. The van der Waals surface area contributed by atoms with Crippen LogP contribution >= 0.6 is 15.9 Å². The number of hydrogen-bond acceptors (Lipinski definition) is 2. The number of rotatable bonds is 4. The Kier molecular flexibility index (Phi) is 5.11. The Morgan fingerprint density at radius 2 is 1.62 bits per heavy atom. The quantitative estimate of drug-likeness (QED) is 0.585. The maximum absolute atomic E-state index is 14.2. The Balaban J connectivity index is 2.04. The molecule has 0 aromatic heterocycles. The normalized spacial score (nSPS) is 11.4. The Labute approximate surface area is 158 Å². The second-order valence-corrected chi connectivity index (χ2v) is 8.35. The van der Waals surface area contributed by atoms with E-state index < -0.39 is 21.7 Å². The van der Waals surface area contributed by atoms with Crippen LogP contribution < -0.4 is 4.72 Å². The molecule has 3 nitrogen and oxygen atoms in total. The minimum atomic E-state index is -4.04. The lowest BCUT2D eigenvalue weighted by molar-refractivity contribution is 0.584. The summed E-state index contributed by atoms with van der Waals surface area (Å²) in [5.41, 5.74) is 1.03. The van der Waals surface area contributed by atoms with Crippen molar-refractivity contribution in [3.63, 3.8) is 0 Å². The van der Waals surface area contributed by atoms with Gasteiger partial charge >= 0.3 is 0 Å². The minimum Gasteiger partial charge on any atom is -0.277 e. The van der Waals surface area contributed by atoms with Gasteiger partial charge < -0.3 is 0 Å². The zero-order valence-electron chi connectivity index (χ0n) is 13.6. The van der Waals surface area contributed by atoms with E-state index in [4.69, 9.17) is 0 Å². The van der Waals surface area contributed by atoms with Crippen molar-refractivity contribution in [2.75, 3.05) is 4.72 Å². The molecule has 0 heterocycles. The van der Waals surface area contributed by atoms with E-state index in [1.165, 1.54) is 12.1 Å². The number of benzene rings is 3. The molecule has 0 aliphatic rings. The molecule has 134 valence electrons. The van der Waals surface area contributed by atoms with E-state index in [0.717, 1.165) is 11.6 Å². The number of sulfonamides is 1. The van der Waals surface area contributed by atoms with Gasteiger partial charge in [-0.1, -0.05) is 46.3 Å². The van der Waals surface area contributed by atoms with Crippen LogP contribution in [-0.2, 0) is 10.0 Å². The SMILES string of the molecule is Cc1cc(Br)cc(S(=O)(=O)Nc2cc(-c3ccccc3)c(F)cc2F)c1. The van der Waals surface area contributed by atoms with Crippen LogP contribution in [-0.4, -0.2) is 8.42 Å². The van der Waals surface area contributed by atoms with Crippen molar-refractivity contribution in [2.45, 2.75) is 11.8 Å². The van der Waals surface area contributed by atoms with Crippen molar-refractivity contribution in [1.82, 2.24) is 0 Å². The monoisotopic (exact) mass is 437 g/mol. The van der Waals surface area contributed by atoms with E-state index in [1.807, 2.05) is 0 Å². The number of halogens is 3. The number of anilines is 1. The van der Waals surface area contributed by atoms with Crippen LogP contribution in [0.15, 0.2) is 70.0 Å². The first-order valence-corrected chi connectivity index (χ1v) is 9.88. The first-order chi connectivity index (χ1) is 12.3. The Hall–Kier alpha value is -2.25. The summed E-state index contributed by atoms with van der Waals surface area (Å²) in [4.78, 5) is -0.0191. The van der Waals surface area contributed by atoms with Gasteiger partial charge in [0.1, 0.15) is 11.6 Å². The molecule has 0 aliphatic carbocycles. The van der Waals surface area contributed by atoms with Crippen molar-refractivity contribution in [2.24, 2.45) is 0 Å². The van der Waals surface area contributed by atoms with Gasteiger partial charge in [0.15, 0.2) is 0 Å². The molecule has 7 heteroatoms. The molecule has 26 heavy (non-hydrogen) atoms. The lowest BCUT2D eigenvalue weighted by Gasteiger charge is -2.12. The summed E-state index contributed by atoms with van der Waals surface area (Å²) in [6.07, 6.45) is 0. The van der Waals surface area contributed by atoms with E-state index in [-0.39, 0.29) is 16.1 Å². The average Bonchev–Trinajstić information content (AvgIpc) is 2.57. The molecular weight excluding hydrogens is 424 g/mol. The molecule has 0 radical (unpaired) electrons. The van der Waals surface area contributed by atoms with Gasteiger partial charge in [-0.2, -0.15) is 0 Å². The highest BCUT2D eigenvalue weighted by molar-refractivity contribution is 9.10. The molecule has 0 saturated heterocycles. The van der Waals surface area contributed by atoms with Crippen molar-refractivity contribution < 1.29 is 17.2 Å². The highest BCUT2D eigenvalue weighted by Crippen LogP contribution is 2.30. The predicted molar refractivity (Wildman–Crippen MR) is 101 cm³/mol. The van der Waals surface area contributed by atoms with Crippen molar-refractivity contribution in [1.29, 1.82) is 0 Å². The van der Waals surface area contributed by atoms with Crippen LogP contribution in [0.1, 0.15) is 5.56 Å². The summed E-state index contributed by atoms with van der Waals surface area (Å²) in [6.45, 7) is 1.75. The van der Waals surface area contributed by atoms with Gasteiger partial charge in [0, 0.05) is 16.1 Å². The smallest absolute Gasteiger partial charge is 0.262 e. The second kappa shape index (κ2) is 7.17. The molecule has 0 saturated carbocycles. The zero-order chi connectivity index (χ0) is 18.9. The molecule has 3 rings (SSSR count). The standard InChI is InChI=1S/C19H14BrF2NO2S/c1-12-7-14(20)9-15(8-12)26(24,25)23-19-10-16(17(21)11-18(19)22)13-5-3-2-4-6-13/h2-11,23H,1H3. The fraction of sp³-hybridized carbons (Fsp3) is 0.0526. The fourth-order valence-electron chi connectivity index (χ4n) is 2.53. The molecule has 3 aromatic carbocycles. The lowest BCUT2D eigenvalue weighted by Crippen LogP contribution is -2.14. The molecule has 1 N–H and O–H groups in total. The summed E-state index contributed by atoms with van der Waals surface area (Å²) in [5, 5.41) is 0. The van der Waals surface area contributed by atoms with Crippen LogP contribution in [0.25, 0.3) is 11.1 Å². The maximum Gasteiger partial charge on any atom is 0.262 e. The van der Waals surface area contributed by atoms with Crippen molar-refractivity contribution in [3.05, 3.63) is 82.3 Å². The number of aryl methyl sites for hydroxylation is 1. The van der Waals surface area contributed by atoms with Crippen LogP contribution in [0.3, 0.4) is 0 Å². The second-order valence-electron chi connectivity index (χ2n) is 5.75. The molecule has 0 bridgehead atoms. The van der Waals surface area contributed by atoms with Crippen LogP contribution in [0.4, 0.5) is 14.5 Å². The van der Waals surface area contributed by atoms with Gasteiger partial charge in [0.05, 0.1) is 10.6 Å². The van der Waals surface area contributed by atoms with Crippen LogP contribution in [0, 0.1) is 18.6 Å². The lowest BCUT2D eigenvalue weighted by atomic mass is 10.0. The third-order valence-electron chi connectivity index (χ3n) is 3.71. The first-order valence-electron chi connectivity index (χ1n) is 7.61. The van der Waals surface area contributed by atoms with Gasteiger partial charge in [-0.15, -0.1) is 0 Å². The summed E-state index contributed by atoms with van der Waals surface area (Å²) in [6, 6.07) is 15.0. The predicted octanol–water partition coefficient (Wildman–Crippen LogP) is 5.50. The molecule has 0 fully saturated rings. The van der Waals surface area contributed by atoms with E-state index in [9.17, 15) is 17.2 Å². The molecule has 0 aliphatic heterocycles. The number of nitrogens with one attached hydrogen (secondary N) is 1. The van der Waals surface area contributed by atoms with Crippen molar-refractivity contribution in [3.8, 4) is 11.1 Å². The molecule has 3 aromatic rings. The van der Waals surface area contributed by atoms with Crippen LogP contribution in [0.5, 0.6) is 0 Å². The summed E-state index contributed by atoms with van der Waals surface area (Å²) in [5.74, 6) is -1.76. The summed E-state index contributed by atoms with van der Waals surface area (Å²) in [7, 11) is -4.04. The van der Waals surface area contributed by atoms with Gasteiger partial charge in [-0.3, -0.25) is 4.72 Å². The first kappa shape index (κ1) is 18.5.